The van der Waals surface area contributed by atoms with Gasteiger partial charge in [0.2, 0.25) is 0 Å². The first kappa shape index (κ1) is 24.6. The van der Waals surface area contributed by atoms with Gasteiger partial charge in [-0.05, 0) is 31.6 Å². The van der Waals surface area contributed by atoms with Crippen molar-refractivity contribution in [3.63, 3.8) is 0 Å². The van der Waals surface area contributed by atoms with Crippen molar-refractivity contribution in [1.82, 2.24) is 0 Å². The Morgan fingerprint density at radius 3 is 1.55 bits per heavy atom. The van der Waals surface area contributed by atoms with Gasteiger partial charge in [0.15, 0.2) is 0 Å². The predicted octanol–water partition coefficient (Wildman–Crippen LogP) is 6.93. The highest BCUT2D eigenvalue weighted by atomic mass is 31.0. The van der Waals surface area contributed by atoms with Crippen LogP contribution < -0.4 is 0 Å². The fraction of sp³-hybridized carbons (Fsp3) is 1.00. The summed E-state index contributed by atoms with van der Waals surface area (Å²) >= 11 is 0. The van der Waals surface area contributed by atoms with Gasteiger partial charge >= 0.3 is 0 Å². The van der Waals surface area contributed by atoms with E-state index in [1.165, 1.54) is 77.0 Å². The van der Waals surface area contributed by atoms with E-state index in [0.29, 0.717) is 5.92 Å². The van der Waals surface area contributed by atoms with Crippen LogP contribution in [0.1, 0.15) is 118 Å². The van der Waals surface area contributed by atoms with Gasteiger partial charge in [-0.1, -0.05) is 91.9 Å². The van der Waals surface area contributed by atoms with E-state index in [1.54, 1.807) is 0 Å². The molecule has 0 aromatic rings. The van der Waals surface area contributed by atoms with E-state index >= 15 is 0 Å². The van der Waals surface area contributed by atoms with Crippen molar-refractivity contribution in [2.75, 3.05) is 0 Å². The molecule has 0 spiro atoms. The monoisotopic (exact) mass is 332 g/mol. The summed E-state index contributed by atoms with van der Waals surface area (Å²) in [6, 6.07) is 0. The first-order chi connectivity index (χ1) is 10.1. The standard InChI is InChI=1S/C20H42O.H3P/c1-5-9-13-14-16-19(15-10-6-2)20(21,17-11-7-3)18-12-8-4;/h19,21H,5-18H2,1-4H3;1H3. The Morgan fingerprint density at radius 2 is 1.09 bits per heavy atom. The van der Waals surface area contributed by atoms with Gasteiger partial charge in [0.25, 0.3) is 0 Å². The summed E-state index contributed by atoms with van der Waals surface area (Å²) in [5.41, 5.74) is -0.382. The average Bonchev–Trinajstić information content (AvgIpc) is 2.50. The smallest absolute Gasteiger partial charge is 0.0675 e. The van der Waals surface area contributed by atoms with Gasteiger partial charge in [-0.25, -0.2) is 0 Å². The van der Waals surface area contributed by atoms with Crippen LogP contribution in [0.15, 0.2) is 0 Å². The molecule has 0 heterocycles. The molecular weight excluding hydrogens is 287 g/mol. The Morgan fingerprint density at radius 1 is 0.636 bits per heavy atom. The highest BCUT2D eigenvalue weighted by Crippen LogP contribution is 2.36. The van der Waals surface area contributed by atoms with Gasteiger partial charge in [0.1, 0.15) is 0 Å². The summed E-state index contributed by atoms with van der Waals surface area (Å²) in [5, 5.41) is 11.3. The average molecular weight is 333 g/mol. The molecule has 0 saturated heterocycles. The molecule has 0 rings (SSSR count). The molecule has 1 nitrogen and oxygen atoms in total. The summed E-state index contributed by atoms with van der Waals surface area (Å²) in [6.45, 7) is 9.02. The molecule has 0 aliphatic carbocycles. The lowest BCUT2D eigenvalue weighted by Gasteiger charge is -2.37. The first-order valence-electron chi connectivity index (χ1n) is 9.86. The lowest BCUT2D eigenvalue weighted by atomic mass is 9.74. The molecule has 0 saturated carbocycles. The highest BCUT2D eigenvalue weighted by Gasteiger charge is 2.34. The summed E-state index contributed by atoms with van der Waals surface area (Å²) in [5.74, 6) is 0.535. The largest absolute Gasteiger partial charge is 0.390 e. The number of hydrogen-bond acceptors (Lipinski definition) is 1. The minimum Gasteiger partial charge on any atom is -0.390 e. The maximum atomic E-state index is 11.3. The van der Waals surface area contributed by atoms with E-state index in [-0.39, 0.29) is 15.5 Å². The van der Waals surface area contributed by atoms with Gasteiger partial charge < -0.3 is 5.11 Å². The fourth-order valence-corrected chi connectivity index (χ4v) is 3.45. The number of hydrogen-bond donors (Lipinski definition) is 1. The molecule has 0 aromatic carbocycles. The summed E-state index contributed by atoms with van der Waals surface area (Å²) in [6.07, 6.45) is 17.1. The molecule has 2 unspecified atom stereocenters. The van der Waals surface area contributed by atoms with Crippen molar-refractivity contribution < 1.29 is 5.11 Å². The zero-order valence-electron chi connectivity index (χ0n) is 16.1. The molecular formula is C20H45OP. The molecule has 0 aromatic heterocycles. The van der Waals surface area contributed by atoms with Gasteiger partial charge in [-0.3, -0.25) is 0 Å². The van der Waals surface area contributed by atoms with E-state index in [1.807, 2.05) is 0 Å². The minimum absolute atomic E-state index is 0. The Labute approximate surface area is 144 Å². The quantitative estimate of drug-likeness (QED) is 0.254. The number of unbranched alkanes of at least 4 members (excludes halogenated alkanes) is 6. The van der Waals surface area contributed by atoms with Crippen molar-refractivity contribution in [3.8, 4) is 0 Å². The van der Waals surface area contributed by atoms with E-state index < -0.39 is 0 Å². The van der Waals surface area contributed by atoms with Crippen LogP contribution in [0.5, 0.6) is 0 Å². The van der Waals surface area contributed by atoms with Crippen LogP contribution in [0.4, 0.5) is 0 Å². The van der Waals surface area contributed by atoms with Gasteiger partial charge in [0.05, 0.1) is 5.60 Å². The minimum atomic E-state index is -0.382. The molecule has 2 atom stereocenters. The second-order valence-electron chi connectivity index (χ2n) is 7.00. The lowest BCUT2D eigenvalue weighted by Crippen LogP contribution is -2.38. The SMILES string of the molecule is CCCCCCC(CCCC)C(O)(CCCC)CCCC.P. The number of rotatable bonds is 15. The van der Waals surface area contributed by atoms with E-state index in [2.05, 4.69) is 27.7 Å². The Balaban J connectivity index is 0. The van der Waals surface area contributed by atoms with Crippen molar-refractivity contribution in [3.05, 3.63) is 0 Å². The molecule has 0 aliphatic heterocycles. The topological polar surface area (TPSA) is 20.2 Å². The van der Waals surface area contributed by atoms with Gasteiger partial charge in [0, 0.05) is 0 Å². The van der Waals surface area contributed by atoms with Gasteiger partial charge in [-0.2, -0.15) is 9.90 Å². The van der Waals surface area contributed by atoms with Crippen LogP contribution in [0.2, 0.25) is 0 Å². The second-order valence-corrected chi connectivity index (χ2v) is 7.00. The first-order valence-corrected chi connectivity index (χ1v) is 9.86. The highest BCUT2D eigenvalue weighted by molar-refractivity contribution is 6.92. The van der Waals surface area contributed by atoms with Crippen molar-refractivity contribution in [2.24, 2.45) is 5.92 Å². The second kappa shape index (κ2) is 16.3. The van der Waals surface area contributed by atoms with Gasteiger partial charge in [-0.15, -0.1) is 0 Å². The third-order valence-corrected chi connectivity index (χ3v) is 5.00. The summed E-state index contributed by atoms with van der Waals surface area (Å²) in [7, 11) is 0. The Kier molecular flexibility index (Phi) is 18.2. The zero-order chi connectivity index (χ0) is 16.0. The number of aliphatic hydroxyl groups is 1. The van der Waals surface area contributed by atoms with Crippen LogP contribution in [-0.2, 0) is 0 Å². The normalized spacial score (nSPS) is 13.0. The maximum absolute atomic E-state index is 11.3. The van der Waals surface area contributed by atoms with E-state index in [4.69, 9.17) is 0 Å². The molecule has 136 valence electrons. The van der Waals surface area contributed by atoms with E-state index in [0.717, 1.165) is 12.8 Å². The van der Waals surface area contributed by atoms with Crippen LogP contribution in [0, 0.1) is 5.92 Å². The lowest BCUT2D eigenvalue weighted by molar-refractivity contribution is -0.0449. The fourth-order valence-electron chi connectivity index (χ4n) is 3.45. The molecule has 0 amide bonds. The Bertz CT molecular complexity index is 210. The maximum Gasteiger partial charge on any atom is 0.0675 e. The van der Waals surface area contributed by atoms with Crippen LogP contribution in [-0.4, -0.2) is 10.7 Å². The van der Waals surface area contributed by atoms with E-state index in [9.17, 15) is 5.11 Å². The molecule has 22 heavy (non-hydrogen) atoms. The van der Waals surface area contributed by atoms with Crippen LogP contribution in [0.3, 0.4) is 0 Å². The summed E-state index contributed by atoms with van der Waals surface area (Å²) in [4.78, 5) is 0. The third kappa shape index (κ3) is 11.0. The molecule has 1 N–H and O–H groups in total. The molecule has 0 bridgehead atoms. The zero-order valence-corrected chi connectivity index (χ0v) is 17.5. The van der Waals surface area contributed by atoms with Crippen LogP contribution in [0.25, 0.3) is 0 Å². The third-order valence-electron chi connectivity index (χ3n) is 5.00. The molecule has 0 fully saturated rings. The Hall–Kier alpha value is 0.390. The molecule has 0 aliphatic rings. The van der Waals surface area contributed by atoms with Crippen LogP contribution >= 0.6 is 9.90 Å². The molecule has 0 radical (unpaired) electrons. The summed E-state index contributed by atoms with van der Waals surface area (Å²) < 4.78 is 0. The molecule has 2 heteroatoms. The van der Waals surface area contributed by atoms with Crippen molar-refractivity contribution >= 4 is 9.90 Å². The predicted molar refractivity (Wildman–Crippen MR) is 107 cm³/mol. The van der Waals surface area contributed by atoms with Crippen molar-refractivity contribution in [2.45, 2.75) is 123 Å². The van der Waals surface area contributed by atoms with Crippen molar-refractivity contribution in [1.29, 1.82) is 0 Å².